The van der Waals surface area contributed by atoms with Crippen molar-refractivity contribution in [3.05, 3.63) is 71.3 Å². The molecule has 0 N–H and O–H groups in total. The highest BCUT2D eigenvalue weighted by Crippen LogP contribution is 2.39. The van der Waals surface area contributed by atoms with Crippen LogP contribution in [0.4, 0.5) is 0 Å². The first-order valence-corrected chi connectivity index (χ1v) is 8.65. The first kappa shape index (κ1) is 18.2. The number of hydrogen-bond acceptors (Lipinski definition) is 4. The molecule has 5 heteroatoms. The summed E-state index contributed by atoms with van der Waals surface area (Å²) in [4.78, 5) is 5.95. The number of nitrogens with zero attached hydrogens (tertiary/aromatic N) is 4. The average Bonchev–Trinajstić information content (AvgIpc) is 2.65. The Kier molecular flexibility index (Phi) is 4.96. The second-order valence-corrected chi connectivity index (χ2v) is 6.89. The third-order valence-corrected chi connectivity index (χ3v) is 4.32. The molecule has 0 aromatic heterocycles. The van der Waals surface area contributed by atoms with Gasteiger partial charge in [0.15, 0.2) is 0 Å². The zero-order valence-electron chi connectivity index (χ0n) is 15.6. The van der Waals surface area contributed by atoms with Crippen molar-refractivity contribution in [3.63, 3.8) is 0 Å². The number of nitriles is 2. The van der Waals surface area contributed by atoms with Crippen molar-refractivity contribution in [1.82, 2.24) is 4.90 Å². The van der Waals surface area contributed by atoms with E-state index in [4.69, 9.17) is 10.00 Å². The van der Waals surface area contributed by atoms with Crippen LogP contribution in [0.25, 0.3) is 5.70 Å². The van der Waals surface area contributed by atoms with Gasteiger partial charge in [0, 0.05) is 12.1 Å². The van der Waals surface area contributed by atoms with Crippen LogP contribution in [0.2, 0.25) is 0 Å². The van der Waals surface area contributed by atoms with Crippen LogP contribution < -0.4 is 4.74 Å². The normalized spacial score (nSPS) is 14.9. The lowest BCUT2D eigenvalue weighted by Gasteiger charge is -2.36. The van der Waals surface area contributed by atoms with E-state index in [0.717, 1.165) is 16.8 Å². The summed E-state index contributed by atoms with van der Waals surface area (Å²) in [6.45, 7) is 6.32. The lowest BCUT2D eigenvalue weighted by molar-refractivity contribution is 0.156. The van der Waals surface area contributed by atoms with Crippen molar-refractivity contribution in [2.24, 2.45) is 4.99 Å². The molecular weight excluding hydrogens is 336 g/mol. The highest BCUT2D eigenvalue weighted by atomic mass is 16.5. The fraction of sp³-hybridized carbons (Fsp3) is 0.227. The summed E-state index contributed by atoms with van der Waals surface area (Å²) in [5.41, 5.74) is 2.81. The van der Waals surface area contributed by atoms with Crippen molar-refractivity contribution >= 4 is 11.5 Å². The van der Waals surface area contributed by atoms with Gasteiger partial charge in [-0.05, 0) is 50.6 Å². The Hall–Kier alpha value is -3.57. The van der Waals surface area contributed by atoms with E-state index in [1.54, 1.807) is 6.07 Å². The molecule has 0 atom stereocenters. The van der Waals surface area contributed by atoms with Crippen LogP contribution >= 0.6 is 0 Å². The monoisotopic (exact) mass is 356 g/mol. The van der Waals surface area contributed by atoms with Gasteiger partial charge in [-0.25, -0.2) is 0 Å². The largest absolute Gasteiger partial charge is 0.483 e. The predicted molar refractivity (Wildman–Crippen MR) is 105 cm³/mol. The fourth-order valence-electron chi connectivity index (χ4n) is 3.10. The van der Waals surface area contributed by atoms with Crippen LogP contribution in [0.1, 0.15) is 37.5 Å². The molecule has 2 aromatic rings. The SMILES string of the molecule is CC(=NC#N)N(Cc1ccccc1)C1=CC(C)(C)Oc2ccc(C#N)cc21. The number of fused-ring (bicyclic) bond motifs is 1. The highest BCUT2D eigenvalue weighted by Gasteiger charge is 2.30. The van der Waals surface area contributed by atoms with Crippen LogP contribution in [-0.4, -0.2) is 16.3 Å². The van der Waals surface area contributed by atoms with Crippen LogP contribution in [0, 0.1) is 22.8 Å². The predicted octanol–water partition coefficient (Wildman–Crippen LogP) is 4.47. The summed E-state index contributed by atoms with van der Waals surface area (Å²) >= 11 is 0. The van der Waals surface area contributed by atoms with Gasteiger partial charge in [0.1, 0.15) is 17.2 Å². The van der Waals surface area contributed by atoms with Crippen LogP contribution in [0.15, 0.2) is 59.6 Å². The van der Waals surface area contributed by atoms with Crippen molar-refractivity contribution in [3.8, 4) is 18.0 Å². The maximum Gasteiger partial charge on any atom is 0.207 e. The van der Waals surface area contributed by atoms with Gasteiger partial charge >= 0.3 is 0 Å². The van der Waals surface area contributed by atoms with E-state index in [9.17, 15) is 5.26 Å². The summed E-state index contributed by atoms with van der Waals surface area (Å²) in [5.74, 6) is 1.29. The van der Waals surface area contributed by atoms with Crippen molar-refractivity contribution in [2.75, 3.05) is 0 Å². The molecule has 0 saturated carbocycles. The Labute approximate surface area is 159 Å². The number of benzene rings is 2. The number of rotatable bonds is 3. The van der Waals surface area contributed by atoms with E-state index in [1.165, 1.54) is 0 Å². The zero-order chi connectivity index (χ0) is 19.4. The third kappa shape index (κ3) is 3.99. The zero-order valence-corrected chi connectivity index (χ0v) is 15.6. The van der Waals surface area contributed by atoms with Gasteiger partial charge in [-0.1, -0.05) is 30.3 Å². The quantitative estimate of drug-likeness (QED) is 0.462. The van der Waals surface area contributed by atoms with Crippen molar-refractivity contribution < 1.29 is 4.74 Å². The maximum absolute atomic E-state index is 9.30. The molecule has 0 amide bonds. The van der Waals surface area contributed by atoms with E-state index in [-0.39, 0.29) is 0 Å². The van der Waals surface area contributed by atoms with E-state index in [1.807, 2.05) is 80.4 Å². The molecule has 5 nitrogen and oxygen atoms in total. The van der Waals surface area contributed by atoms with Gasteiger partial charge < -0.3 is 9.64 Å². The van der Waals surface area contributed by atoms with Gasteiger partial charge in [0.2, 0.25) is 6.19 Å². The minimum absolute atomic E-state index is 0.529. The molecule has 134 valence electrons. The second kappa shape index (κ2) is 7.35. The molecule has 1 aliphatic heterocycles. The molecular formula is C22H20N4O. The summed E-state index contributed by atoms with van der Waals surface area (Å²) < 4.78 is 6.07. The molecule has 1 heterocycles. The van der Waals surface area contributed by atoms with Crippen LogP contribution in [0.5, 0.6) is 5.75 Å². The lowest BCUT2D eigenvalue weighted by Crippen LogP contribution is -2.35. The van der Waals surface area contributed by atoms with E-state index in [2.05, 4.69) is 11.1 Å². The van der Waals surface area contributed by atoms with Gasteiger partial charge in [0.05, 0.1) is 17.3 Å². The number of ether oxygens (including phenoxy) is 1. The van der Waals surface area contributed by atoms with E-state index < -0.39 is 5.60 Å². The average molecular weight is 356 g/mol. The van der Waals surface area contributed by atoms with Gasteiger partial charge in [-0.3, -0.25) is 0 Å². The van der Waals surface area contributed by atoms with E-state index in [0.29, 0.717) is 23.7 Å². The third-order valence-electron chi connectivity index (χ3n) is 4.32. The Morgan fingerprint density at radius 2 is 1.89 bits per heavy atom. The Morgan fingerprint density at radius 3 is 2.56 bits per heavy atom. The van der Waals surface area contributed by atoms with Crippen LogP contribution in [-0.2, 0) is 6.54 Å². The minimum atomic E-state index is -0.529. The molecule has 0 aliphatic carbocycles. The molecule has 0 fully saturated rings. The van der Waals surface area contributed by atoms with Gasteiger partial charge in [-0.15, -0.1) is 0 Å². The Bertz CT molecular complexity index is 991. The standard InChI is InChI=1S/C22H20N4O/c1-16(25-15-24)26(14-17-7-5-4-6-8-17)20-12-22(2,3)27-21-10-9-18(13-23)11-19(20)21/h4-12H,14H2,1-3H3. The smallest absolute Gasteiger partial charge is 0.207 e. The first-order valence-electron chi connectivity index (χ1n) is 8.65. The molecule has 0 spiro atoms. The summed E-state index contributed by atoms with van der Waals surface area (Å²) in [7, 11) is 0. The molecule has 3 rings (SSSR count). The van der Waals surface area contributed by atoms with E-state index >= 15 is 0 Å². The molecule has 0 saturated heterocycles. The summed E-state index contributed by atoms with van der Waals surface area (Å²) in [6, 6.07) is 17.5. The molecule has 1 aliphatic rings. The number of hydrogen-bond donors (Lipinski definition) is 0. The molecule has 27 heavy (non-hydrogen) atoms. The lowest BCUT2D eigenvalue weighted by atomic mass is 9.96. The van der Waals surface area contributed by atoms with Crippen LogP contribution in [0.3, 0.4) is 0 Å². The fourth-order valence-corrected chi connectivity index (χ4v) is 3.10. The topological polar surface area (TPSA) is 72.4 Å². The minimum Gasteiger partial charge on any atom is -0.483 e. The number of aliphatic imine (C=N–C) groups is 1. The number of amidine groups is 1. The molecule has 2 aromatic carbocycles. The molecule has 0 radical (unpaired) electrons. The maximum atomic E-state index is 9.30. The second-order valence-electron chi connectivity index (χ2n) is 6.89. The van der Waals surface area contributed by atoms with Gasteiger partial charge in [-0.2, -0.15) is 15.5 Å². The Balaban J connectivity index is 2.15. The molecule has 0 bridgehead atoms. The summed E-state index contributed by atoms with van der Waals surface area (Å²) in [6.07, 6.45) is 3.89. The van der Waals surface area contributed by atoms with Crippen molar-refractivity contribution in [2.45, 2.75) is 32.9 Å². The summed E-state index contributed by atoms with van der Waals surface area (Å²) in [5, 5.41) is 18.4. The van der Waals surface area contributed by atoms with Crippen molar-refractivity contribution in [1.29, 1.82) is 10.5 Å². The molecule has 0 unspecified atom stereocenters. The first-order chi connectivity index (χ1) is 12.9. The highest BCUT2D eigenvalue weighted by molar-refractivity contribution is 5.91. The van der Waals surface area contributed by atoms with Gasteiger partial charge in [0.25, 0.3) is 0 Å². The Morgan fingerprint density at radius 1 is 1.15 bits per heavy atom.